The molecule has 0 spiro atoms. The molecule has 7 aromatic carbocycles. The molecule has 1 aliphatic rings. The number of benzene rings is 7. The molecule has 10 aromatic rings. The highest BCUT2D eigenvalue weighted by molar-refractivity contribution is 6.15. The Bertz CT molecular complexity index is 3120. The van der Waals surface area contributed by atoms with Gasteiger partial charge in [-0.25, -0.2) is 15.0 Å². The van der Waals surface area contributed by atoms with Crippen LogP contribution in [0.25, 0.3) is 106 Å². The Kier molecular flexibility index (Phi) is 6.52. The minimum absolute atomic E-state index is 0.469. The predicted octanol–water partition coefficient (Wildman–Crippen LogP) is 12.7. The number of furan rings is 2. The maximum atomic E-state index is 6.65. The molecule has 1 aliphatic carbocycles. The lowest BCUT2D eigenvalue weighted by molar-refractivity contribution is 0.586. The highest BCUT2D eigenvalue weighted by Gasteiger charge is 2.23. The summed E-state index contributed by atoms with van der Waals surface area (Å²) < 4.78 is 13.1. The lowest BCUT2D eigenvalue weighted by atomic mass is 9.90. The van der Waals surface area contributed by atoms with E-state index in [4.69, 9.17) is 23.8 Å². The first kappa shape index (κ1) is 29.8. The van der Waals surface area contributed by atoms with Crippen LogP contribution in [0.5, 0.6) is 0 Å². The van der Waals surface area contributed by atoms with E-state index in [-0.39, 0.29) is 0 Å². The van der Waals surface area contributed by atoms with Crippen LogP contribution >= 0.6 is 0 Å². The van der Waals surface area contributed by atoms with Gasteiger partial charge in [-0.1, -0.05) is 122 Å². The number of aromatic nitrogens is 3. The van der Waals surface area contributed by atoms with E-state index in [0.717, 1.165) is 83.7 Å². The second-order valence-electron chi connectivity index (χ2n) is 14.1. The van der Waals surface area contributed by atoms with Crippen LogP contribution in [0.3, 0.4) is 0 Å². The van der Waals surface area contributed by atoms with Crippen molar-refractivity contribution in [1.29, 1.82) is 0 Å². The summed E-state index contributed by atoms with van der Waals surface area (Å²) in [5.41, 5.74) is 8.86. The standard InChI is InChI=1S/C48H31N3O2/c1-28-18-23-41-39(24-28)40-27-38(34-14-7-8-15-35(34)45(40)53-41)32-21-22-36-43(26-32)52-42-17-9-16-37(44(36)42)48-50-46(30-11-3-2-4-12-30)49-47(51-48)33-20-19-29-10-5-6-13-31(29)25-33/h2-23,25-28H,24H2,1H3. The van der Waals surface area contributed by atoms with Gasteiger partial charge in [0.1, 0.15) is 22.5 Å². The Morgan fingerprint density at radius 3 is 2.15 bits per heavy atom. The van der Waals surface area contributed by atoms with Crippen molar-refractivity contribution in [3.05, 3.63) is 157 Å². The maximum absolute atomic E-state index is 6.65. The van der Waals surface area contributed by atoms with Gasteiger partial charge in [0.05, 0.1) is 0 Å². The van der Waals surface area contributed by atoms with Crippen LogP contribution in [0.4, 0.5) is 0 Å². The Morgan fingerprint density at radius 1 is 0.509 bits per heavy atom. The van der Waals surface area contributed by atoms with Crippen molar-refractivity contribution in [3.63, 3.8) is 0 Å². The minimum atomic E-state index is 0.469. The van der Waals surface area contributed by atoms with Gasteiger partial charge in [-0.05, 0) is 76.0 Å². The highest BCUT2D eigenvalue weighted by Crippen LogP contribution is 2.43. The highest BCUT2D eigenvalue weighted by atomic mass is 16.3. The van der Waals surface area contributed by atoms with Gasteiger partial charge in [0.25, 0.3) is 0 Å². The fourth-order valence-electron chi connectivity index (χ4n) is 8.06. The molecule has 1 atom stereocenters. The summed E-state index contributed by atoms with van der Waals surface area (Å²) in [5.74, 6) is 3.29. The van der Waals surface area contributed by atoms with Gasteiger partial charge in [-0.2, -0.15) is 0 Å². The second-order valence-corrected chi connectivity index (χ2v) is 14.1. The summed E-state index contributed by atoms with van der Waals surface area (Å²) in [4.78, 5) is 15.2. The van der Waals surface area contributed by atoms with Crippen molar-refractivity contribution in [1.82, 2.24) is 15.0 Å². The number of fused-ring (bicyclic) bond motifs is 9. The van der Waals surface area contributed by atoms with Gasteiger partial charge in [0.2, 0.25) is 0 Å². The van der Waals surface area contributed by atoms with Crippen molar-refractivity contribution in [2.45, 2.75) is 13.3 Å². The number of hydrogen-bond donors (Lipinski definition) is 0. The molecule has 0 amide bonds. The molecule has 11 rings (SSSR count). The number of allylic oxidation sites excluding steroid dienone is 1. The summed E-state index contributed by atoms with van der Waals surface area (Å²) in [6.07, 6.45) is 5.34. The smallest absolute Gasteiger partial charge is 0.164 e. The van der Waals surface area contributed by atoms with Crippen LogP contribution in [0.15, 0.2) is 154 Å². The molecular formula is C48H31N3O2. The van der Waals surface area contributed by atoms with E-state index < -0.39 is 0 Å². The summed E-state index contributed by atoms with van der Waals surface area (Å²) in [7, 11) is 0. The average Bonchev–Trinajstić information content (AvgIpc) is 3.78. The third kappa shape index (κ3) is 4.81. The molecule has 5 heteroatoms. The van der Waals surface area contributed by atoms with Crippen LogP contribution in [0.2, 0.25) is 0 Å². The van der Waals surface area contributed by atoms with Crippen molar-refractivity contribution in [3.8, 4) is 45.3 Å². The Hall–Kier alpha value is -6.85. The van der Waals surface area contributed by atoms with Crippen molar-refractivity contribution < 1.29 is 8.83 Å². The van der Waals surface area contributed by atoms with Gasteiger partial charge < -0.3 is 8.83 Å². The third-order valence-corrected chi connectivity index (χ3v) is 10.7. The van der Waals surface area contributed by atoms with E-state index >= 15 is 0 Å². The summed E-state index contributed by atoms with van der Waals surface area (Å²) in [6.45, 7) is 2.26. The van der Waals surface area contributed by atoms with Crippen molar-refractivity contribution in [2.24, 2.45) is 5.92 Å². The molecule has 3 aromatic heterocycles. The summed E-state index contributed by atoms with van der Waals surface area (Å²) in [6, 6.07) is 48.3. The third-order valence-electron chi connectivity index (χ3n) is 10.7. The molecule has 0 saturated carbocycles. The summed E-state index contributed by atoms with van der Waals surface area (Å²) >= 11 is 0. The van der Waals surface area contributed by atoms with Crippen molar-refractivity contribution >= 4 is 60.5 Å². The molecule has 0 bridgehead atoms. The van der Waals surface area contributed by atoms with Crippen LogP contribution in [-0.2, 0) is 6.42 Å². The first-order valence-corrected chi connectivity index (χ1v) is 18.1. The maximum Gasteiger partial charge on any atom is 0.164 e. The Balaban J connectivity index is 1.10. The van der Waals surface area contributed by atoms with E-state index in [2.05, 4.69) is 116 Å². The first-order valence-electron chi connectivity index (χ1n) is 18.1. The van der Waals surface area contributed by atoms with E-state index in [1.165, 1.54) is 16.3 Å². The Labute approximate surface area is 304 Å². The monoisotopic (exact) mass is 681 g/mol. The van der Waals surface area contributed by atoms with Crippen LogP contribution < -0.4 is 0 Å². The molecule has 0 N–H and O–H groups in total. The van der Waals surface area contributed by atoms with E-state index in [1.54, 1.807) is 0 Å². The molecule has 5 nitrogen and oxygen atoms in total. The quantitative estimate of drug-likeness (QED) is 0.185. The number of hydrogen-bond acceptors (Lipinski definition) is 5. The van der Waals surface area contributed by atoms with E-state index in [0.29, 0.717) is 23.4 Å². The minimum Gasteiger partial charge on any atom is -0.456 e. The number of rotatable bonds is 4. The van der Waals surface area contributed by atoms with E-state index in [1.807, 2.05) is 42.5 Å². The normalized spacial score (nSPS) is 14.2. The molecule has 3 heterocycles. The van der Waals surface area contributed by atoms with Crippen LogP contribution in [0, 0.1) is 5.92 Å². The lowest BCUT2D eigenvalue weighted by Crippen LogP contribution is -2.00. The zero-order chi connectivity index (χ0) is 35.0. The predicted molar refractivity (Wildman–Crippen MR) is 216 cm³/mol. The van der Waals surface area contributed by atoms with E-state index in [9.17, 15) is 0 Å². The van der Waals surface area contributed by atoms with Crippen LogP contribution in [-0.4, -0.2) is 15.0 Å². The van der Waals surface area contributed by atoms with Crippen LogP contribution in [0.1, 0.15) is 18.2 Å². The largest absolute Gasteiger partial charge is 0.456 e. The SMILES string of the molecule is CC1C=Cc2oc3c(cc(-c4ccc5c(c4)oc4cccc(-c6nc(-c7ccccc7)nc(-c7ccc8ccccc8c7)n6)c45)c4ccccc43)c2C1. The number of nitrogens with zero attached hydrogens (tertiary/aromatic N) is 3. The fraction of sp³-hybridized carbons (Fsp3) is 0.0625. The van der Waals surface area contributed by atoms with Gasteiger partial charge in [-0.15, -0.1) is 0 Å². The molecular weight excluding hydrogens is 651 g/mol. The zero-order valence-electron chi connectivity index (χ0n) is 28.9. The molecule has 0 radical (unpaired) electrons. The topological polar surface area (TPSA) is 65.0 Å². The van der Waals surface area contributed by atoms with Gasteiger partial charge in [0.15, 0.2) is 17.5 Å². The van der Waals surface area contributed by atoms with Gasteiger partial charge >= 0.3 is 0 Å². The second kappa shape index (κ2) is 11.6. The zero-order valence-corrected chi connectivity index (χ0v) is 28.9. The van der Waals surface area contributed by atoms with Gasteiger partial charge in [0, 0.05) is 43.8 Å². The first-order chi connectivity index (χ1) is 26.1. The fourth-order valence-corrected chi connectivity index (χ4v) is 8.06. The summed E-state index contributed by atoms with van der Waals surface area (Å²) in [5, 5.41) is 7.76. The molecule has 250 valence electrons. The lowest BCUT2D eigenvalue weighted by Gasteiger charge is -2.12. The molecule has 0 fully saturated rings. The molecule has 0 saturated heterocycles. The molecule has 53 heavy (non-hydrogen) atoms. The molecule has 0 aliphatic heterocycles. The molecule has 1 unspecified atom stereocenters. The van der Waals surface area contributed by atoms with Crippen molar-refractivity contribution in [2.75, 3.05) is 0 Å². The average molecular weight is 682 g/mol. The Morgan fingerprint density at radius 2 is 1.26 bits per heavy atom. The van der Waals surface area contributed by atoms with Gasteiger partial charge in [-0.3, -0.25) is 0 Å².